The maximum atomic E-state index is 13.7. The molecule has 2 heterocycles. The van der Waals surface area contributed by atoms with Gasteiger partial charge in [0.25, 0.3) is 11.8 Å². The van der Waals surface area contributed by atoms with E-state index in [0.29, 0.717) is 19.6 Å². The average Bonchev–Trinajstić information content (AvgIpc) is 3.06. The van der Waals surface area contributed by atoms with Crippen LogP contribution in [0.4, 0.5) is 4.39 Å². The van der Waals surface area contributed by atoms with Gasteiger partial charge in [-0.3, -0.25) is 14.3 Å². The van der Waals surface area contributed by atoms with Crippen LogP contribution >= 0.6 is 0 Å². The number of piperidine rings is 1. The molecule has 1 aliphatic heterocycles. The van der Waals surface area contributed by atoms with Gasteiger partial charge in [-0.15, -0.1) is 5.10 Å². The second kappa shape index (κ2) is 7.42. The van der Waals surface area contributed by atoms with E-state index in [-0.39, 0.29) is 29.0 Å². The zero-order valence-electron chi connectivity index (χ0n) is 14.0. The van der Waals surface area contributed by atoms with Gasteiger partial charge in [0.15, 0.2) is 5.69 Å². The van der Waals surface area contributed by atoms with Crippen LogP contribution in [0.15, 0.2) is 30.5 Å². The number of carbonyl (C=O) groups is 2. The maximum Gasteiger partial charge on any atom is 0.273 e. The van der Waals surface area contributed by atoms with Gasteiger partial charge in [0.2, 0.25) is 0 Å². The first-order valence-corrected chi connectivity index (χ1v) is 8.23. The summed E-state index contributed by atoms with van der Waals surface area (Å²) in [5.41, 5.74) is 0.395. The highest BCUT2D eigenvalue weighted by Gasteiger charge is 2.25. The molecule has 1 N–H and O–H groups in total. The predicted octanol–water partition coefficient (Wildman–Crippen LogP) is 1.24. The monoisotopic (exact) mass is 345 g/mol. The number of amides is 2. The van der Waals surface area contributed by atoms with Crippen LogP contribution in [0.25, 0.3) is 0 Å². The van der Waals surface area contributed by atoms with E-state index in [4.69, 9.17) is 0 Å². The number of carbonyl (C=O) groups excluding carboxylic acids is 2. The predicted molar refractivity (Wildman–Crippen MR) is 88.4 cm³/mol. The minimum Gasteiger partial charge on any atom is -0.350 e. The second-order valence-corrected chi connectivity index (χ2v) is 6.20. The van der Waals surface area contributed by atoms with E-state index in [1.165, 1.54) is 16.8 Å². The third-order valence-corrected chi connectivity index (χ3v) is 4.39. The Morgan fingerprint density at radius 3 is 2.64 bits per heavy atom. The van der Waals surface area contributed by atoms with E-state index in [1.807, 2.05) is 0 Å². The van der Waals surface area contributed by atoms with Crippen molar-refractivity contribution in [2.24, 2.45) is 13.0 Å². The number of nitrogens with one attached hydrogen (secondary N) is 1. The Bertz CT molecular complexity index is 768. The van der Waals surface area contributed by atoms with E-state index in [1.54, 1.807) is 30.3 Å². The molecule has 1 saturated heterocycles. The summed E-state index contributed by atoms with van der Waals surface area (Å²) in [6.07, 6.45) is 3.09. The molecule has 1 aliphatic rings. The molecule has 0 spiro atoms. The Kier molecular flexibility index (Phi) is 5.06. The normalized spacial score (nSPS) is 15.2. The molecule has 0 unspecified atom stereocenters. The van der Waals surface area contributed by atoms with Crippen molar-refractivity contribution >= 4 is 11.8 Å². The van der Waals surface area contributed by atoms with Crippen molar-refractivity contribution in [2.45, 2.75) is 12.8 Å². The first-order chi connectivity index (χ1) is 12.0. The second-order valence-electron chi connectivity index (χ2n) is 6.20. The van der Waals surface area contributed by atoms with Crippen LogP contribution in [0.1, 0.15) is 33.7 Å². The number of hydrogen-bond donors (Lipinski definition) is 1. The minimum absolute atomic E-state index is 0.108. The summed E-state index contributed by atoms with van der Waals surface area (Å²) in [6, 6.07) is 6.02. The summed E-state index contributed by atoms with van der Waals surface area (Å²) in [4.78, 5) is 26.0. The molecule has 7 nitrogen and oxygen atoms in total. The van der Waals surface area contributed by atoms with Crippen LogP contribution in [-0.2, 0) is 7.05 Å². The number of aryl methyl sites for hydroxylation is 1. The lowest BCUT2D eigenvalue weighted by Gasteiger charge is -2.32. The highest BCUT2D eigenvalue weighted by Crippen LogP contribution is 2.19. The van der Waals surface area contributed by atoms with E-state index >= 15 is 0 Å². The van der Waals surface area contributed by atoms with Crippen LogP contribution in [0, 0.1) is 11.7 Å². The summed E-state index contributed by atoms with van der Waals surface area (Å²) in [5.74, 6) is -0.741. The van der Waals surface area contributed by atoms with Gasteiger partial charge in [-0.2, -0.15) is 0 Å². The molecule has 2 aromatic rings. The fourth-order valence-electron chi connectivity index (χ4n) is 2.92. The molecule has 3 rings (SSSR count). The van der Waals surface area contributed by atoms with Crippen molar-refractivity contribution < 1.29 is 14.0 Å². The molecule has 0 saturated carbocycles. The summed E-state index contributed by atoms with van der Waals surface area (Å²) in [5, 5.41) is 10.3. The number of likely N-dealkylation sites (tertiary alicyclic amines) is 1. The van der Waals surface area contributed by atoms with Crippen molar-refractivity contribution in [3.05, 3.63) is 47.5 Å². The van der Waals surface area contributed by atoms with Gasteiger partial charge in [-0.25, -0.2) is 4.39 Å². The third kappa shape index (κ3) is 4.01. The standard InChI is InChI=1S/C17H20FN5O2/c1-22-11-15(20-21-22)16(24)19-10-12-6-8-23(9-7-12)17(25)13-4-2-3-5-14(13)18/h2-5,11-12H,6-10H2,1H3,(H,19,24). The van der Waals surface area contributed by atoms with Crippen molar-refractivity contribution in [1.82, 2.24) is 25.2 Å². The molecule has 8 heteroatoms. The van der Waals surface area contributed by atoms with Crippen LogP contribution < -0.4 is 5.32 Å². The quantitative estimate of drug-likeness (QED) is 0.904. The Hall–Kier alpha value is -2.77. The van der Waals surface area contributed by atoms with Crippen molar-refractivity contribution in [2.75, 3.05) is 19.6 Å². The topological polar surface area (TPSA) is 80.1 Å². The van der Waals surface area contributed by atoms with Gasteiger partial charge in [0, 0.05) is 26.7 Å². The summed E-state index contributed by atoms with van der Waals surface area (Å²) < 4.78 is 15.2. The maximum absolute atomic E-state index is 13.7. The van der Waals surface area contributed by atoms with Crippen molar-refractivity contribution in [3.63, 3.8) is 0 Å². The van der Waals surface area contributed by atoms with Crippen molar-refractivity contribution in [1.29, 1.82) is 0 Å². The summed E-state index contributed by atoms with van der Waals surface area (Å²) in [7, 11) is 1.70. The number of halogens is 1. The molecule has 0 radical (unpaired) electrons. The summed E-state index contributed by atoms with van der Waals surface area (Å²) in [6.45, 7) is 1.63. The van der Waals surface area contributed by atoms with Crippen LogP contribution in [0.3, 0.4) is 0 Å². The molecule has 132 valence electrons. The Morgan fingerprint density at radius 2 is 2.00 bits per heavy atom. The number of hydrogen-bond acceptors (Lipinski definition) is 4. The van der Waals surface area contributed by atoms with Crippen LogP contribution in [0.5, 0.6) is 0 Å². The number of rotatable bonds is 4. The molecule has 0 bridgehead atoms. The van der Waals surface area contributed by atoms with Gasteiger partial charge in [-0.1, -0.05) is 17.3 Å². The van der Waals surface area contributed by atoms with E-state index in [9.17, 15) is 14.0 Å². The minimum atomic E-state index is -0.495. The zero-order valence-corrected chi connectivity index (χ0v) is 14.0. The average molecular weight is 345 g/mol. The smallest absolute Gasteiger partial charge is 0.273 e. The van der Waals surface area contributed by atoms with E-state index in [2.05, 4.69) is 15.6 Å². The Balaban J connectivity index is 1.48. The molecular formula is C17H20FN5O2. The molecule has 0 aliphatic carbocycles. The number of benzene rings is 1. The third-order valence-electron chi connectivity index (χ3n) is 4.39. The van der Waals surface area contributed by atoms with E-state index in [0.717, 1.165) is 12.8 Å². The Morgan fingerprint density at radius 1 is 1.28 bits per heavy atom. The zero-order chi connectivity index (χ0) is 17.8. The van der Waals surface area contributed by atoms with Gasteiger partial charge < -0.3 is 10.2 Å². The lowest BCUT2D eigenvalue weighted by molar-refractivity contribution is 0.0679. The molecule has 1 fully saturated rings. The molecule has 25 heavy (non-hydrogen) atoms. The van der Waals surface area contributed by atoms with E-state index < -0.39 is 5.82 Å². The van der Waals surface area contributed by atoms with Crippen molar-refractivity contribution in [3.8, 4) is 0 Å². The first kappa shape index (κ1) is 17.1. The lowest BCUT2D eigenvalue weighted by Crippen LogP contribution is -2.41. The molecule has 2 amide bonds. The SMILES string of the molecule is Cn1cc(C(=O)NCC2CCN(C(=O)c3ccccc3F)CC2)nn1. The lowest BCUT2D eigenvalue weighted by atomic mass is 9.96. The molecule has 1 aromatic carbocycles. The number of aromatic nitrogens is 3. The molecular weight excluding hydrogens is 325 g/mol. The van der Waals surface area contributed by atoms with Crippen LogP contribution in [-0.4, -0.2) is 51.3 Å². The fraction of sp³-hybridized carbons (Fsp3) is 0.412. The highest BCUT2D eigenvalue weighted by atomic mass is 19.1. The highest BCUT2D eigenvalue weighted by molar-refractivity contribution is 5.94. The largest absolute Gasteiger partial charge is 0.350 e. The van der Waals surface area contributed by atoms with Gasteiger partial charge in [-0.05, 0) is 30.9 Å². The number of nitrogens with zero attached hydrogens (tertiary/aromatic N) is 4. The van der Waals surface area contributed by atoms with Gasteiger partial charge in [0.1, 0.15) is 5.82 Å². The van der Waals surface area contributed by atoms with Crippen LogP contribution in [0.2, 0.25) is 0 Å². The van der Waals surface area contributed by atoms with Gasteiger partial charge >= 0.3 is 0 Å². The Labute approximate surface area is 144 Å². The first-order valence-electron chi connectivity index (χ1n) is 8.23. The summed E-state index contributed by atoms with van der Waals surface area (Å²) >= 11 is 0. The fourth-order valence-corrected chi connectivity index (χ4v) is 2.92. The van der Waals surface area contributed by atoms with Gasteiger partial charge in [0.05, 0.1) is 11.8 Å². The molecule has 1 aromatic heterocycles. The molecule has 0 atom stereocenters.